The molecule has 0 aliphatic rings. The zero-order valence-electron chi connectivity index (χ0n) is 13.0. The molecular formula is C14H34N2O+2. The highest BCUT2D eigenvalue weighted by molar-refractivity contribution is 4.39. The molecule has 0 aromatic heterocycles. The predicted molar refractivity (Wildman–Crippen MR) is 75.1 cm³/mol. The minimum atomic E-state index is 0.918. The highest BCUT2D eigenvalue weighted by Crippen LogP contribution is 2.00. The maximum atomic E-state index is 5.69. The topological polar surface area (TPSA) is 9.23 Å². The van der Waals surface area contributed by atoms with Crippen molar-refractivity contribution >= 4 is 0 Å². The predicted octanol–water partition coefficient (Wildman–Crippen LogP) is 1.98. The van der Waals surface area contributed by atoms with Gasteiger partial charge in [0.2, 0.25) is 0 Å². The van der Waals surface area contributed by atoms with Crippen molar-refractivity contribution in [3.63, 3.8) is 0 Å². The van der Waals surface area contributed by atoms with Crippen LogP contribution >= 0.6 is 0 Å². The van der Waals surface area contributed by atoms with E-state index in [0.29, 0.717) is 0 Å². The average molecular weight is 246 g/mol. The van der Waals surface area contributed by atoms with Gasteiger partial charge in [-0.15, -0.1) is 0 Å². The maximum Gasteiger partial charge on any atom is 0.0804 e. The molecule has 0 aliphatic heterocycles. The molecular weight excluding hydrogens is 212 g/mol. The van der Waals surface area contributed by atoms with E-state index in [4.69, 9.17) is 4.74 Å². The van der Waals surface area contributed by atoms with E-state index >= 15 is 0 Å². The number of ether oxygens (including phenoxy) is 1. The minimum absolute atomic E-state index is 0.918. The third kappa shape index (κ3) is 9.57. The van der Waals surface area contributed by atoms with Crippen LogP contribution in [0.3, 0.4) is 0 Å². The smallest absolute Gasteiger partial charge is 0.0804 e. The Labute approximate surface area is 109 Å². The summed E-state index contributed by atoms with van der Waals surface area (Å²) < 4.78 is 7.89. The number of rotatable bonds is 10. The van der Waals surface area contributed by atoms with E-state index in [0.717, 1.165) is 22.2 Å². The van der Waals surface area contributed by atoms with Gasteiger partial charge in [-0.1, -0.05) is 0 Å². The fraction of sp³-hybridized carbons (Fsp3) is 1.00. The molecule has 17 heavy (non-hydrogen) atoms. The molecule has 0 aliphatic carbocycles. The van der Waals surface area contributed by atoms with Gasteiger partial charge >= 0.3 is 0 Å². The Bertz CT molecular complexity index is 171. The summed E-state index contributed by atoms with van der Waals surface area (Å²) in [4.78, 5) is 0. The van der Waals surface area contributed by atoms with Gasteiger partial charge in [-0.05, 0) is 13.8 Å². The van der Waals surface area contributed by atoms with Gasteiger partial charge in [-0.3, -0.25) is 0 Å². The molecule has 3 nitrogen and oxygen atoms in total. The highest BCUT2D eigenvalue weighted by atomic mass is 16.5. The maximum absolute atomic E-state index is 5.69. The van der Waals surface area contributed by atoms with Crippen molar-refractivity contribution in [1.82, 2.24) is 0 Å². The van der Waals surface area contributed by atoms with Gasteiger partial charge in [0.1, 0.15) is 0 Å². The summed E-state index contributed by atoms with van der Waals surface area (Å²) in [6, 6.07) is 0. The number of quaternary nitrogens is 2. The number of nitrogens with zero attached hydrogens (tertiary/aromatic N) is 2. The van der Waals surface area contributed by atoms with Crippen LogP contribution < -0.4 is 0 Å². The van der Waals surface area contributed by atoms with Crippen LogP contribution in [-0.2, 0) is 4.74 Å². The van der Waals surface area contributed by atoms with Crippen molar-refractivity contribution in [2.45, 2.75) is 26.7 Å². The van der Waals surface area contributed by atoms with Crippen LogP contribution in [-0.4, -0.2) is 76.5 Å². The first-order chi connectivity index (χ1) is 7.83. The largest absolute Gasteiger partial charge is 0.381 e. The Hall–Kier alpha value is -0.120. The van der Waals surface area contributed by atoms with Gasteiger partial charge in [-0.2, -0.15) is 0 Å². The van der Waals surface area contributed by atoms with E-state index in [1.807, 2.05) is 0 Å². The summed E-state index contributed by atoms with van der Waals surface area (Å²) in [5.74, 6) is 0. The third-order valence-electron chi connectivity index (χ3n) is 3.82. The number of hydrogen-bond donors (Lipinski definition) is 0. The van der Waals surface area contributed by atoms with Gasteiger partial charge in [0.15, 0.2) is 0 Å². The molecule has 0 heterocycles. The van der Waals surface area contributed by atoms with E-state index in [1.165, 1.54) is 39.0 Å². The first-order valence-electron chi connectivity index (χ1n) is 7.05. The third-order valence-corrected chi connectivity index (χ3v) is 3.82. The lowest BCUT2D eigenvalue weighted by molar-refractivity contribution is -0.889. The van der Waals surface area contributed by atoms with Gasteiger partial charge in [-0.25, -0.2) is 0 Å². The van der Waals surface area contributed by atoms with Crippen molar-refractivity contribution in [3.05, 3.63) is 0 Å². The summed E-state index contributed by atoms with van der Waals surface area (Å²) in [7, 11) is 9.12. The molecule has 0 atom stereocenters. The molecule has 0 aromatic carbocycles. The fourth-order valence-electron chi connectivity index (χ4n) is 1.61. The second kappa shape index (κ2) is 8.06. The van der Waals surface area contributed by atoms with E-state index < -0.39 is 0 Å². The zero-order chi connectivity index (χ0) is 13.4. The summed E-state index contributed by atoms with van der Waals surface area (Å²) in [6.07, 6.45) is 2.35. The SMILES string of the molecule is CC[N+](C)(C)CCCOCCC[N+](C)(C)CC. The molecule has 0 fully saturated rings. The van der Waals surface area contributed by atoms with Crippen LogP contribution in [0.2, 0.25) is 0 Å². The molecule has 0 spiro atoms. The fourth-order valence-corrected chi connectivity index (χ4v) is 1.61. The molecule has 0 saturated carbocycles. The average Bonchev–Trinajstić information content (AvgIpc) is 2.27. The van der Waals surface area contributed by atoms with Crippen molar-refractivity contribution < 1.29 is 13.7 Å². The van der Waals surface area contributed by atoms with Crippen LogP contribution in [0.4, 0.5) is 0 Å². The van der Waals surface area contributed by atoms with Crippen LogP contribution in [0.15, 0.2) is 0 Å². The van der Waals surface area contributed by atoms with Crippen LogP contribution in [0, 0.1) is 0 Å². The summed E-state index contributed by atoms with van der Waals surface area (Å²) in [6.45, 7) is 11.1. The van der Waals surface area contributed by atoms with Crippen molar-refractivity contribution in [2.24, 2.45) is 0 Å². The normalized spacial score (nSPS) is 13.1. The molecule has 0 radical (unpaired) electrons. The quantitative estimate of drug-likeness (QED) is 0.423. The Kier molecular flexibility index (Phi) is 8.01. The van der Waals surface area contributed by atoms with Crippen molar-refractivity contribution in [3.8, 4) is 0 Å². The van der Waals surface area contributed by atoms with Crippen molar-refractivity contribution in [1.29, 1.82) is 0 Å². The second-order valence-corrected chi connectivity index (χ2v) is 6.27. The first kappa shape index (κ1) is 16.9. The monoisotopic (exact) mass is 246 g/mol. The van der Waals surface area contributed by atoms with Gasteiger partial charge in [0, 0.05) is 12.8 Å². The first-order valence-corrected chi connectivity index (χ1v) is 7.05. The van der Waals surface area contributed by atoms with Gasteiger partial charge in [0.05, 0.1) is 67.6 Å². The molecule has 104 valence electrons. The summed E-state index contributed by atoms with van der Waals surface area (Å²) >= 11 is 0. The Balaban J connectivity index is 3.36. The highest BCUT2D eigenvalue weighted by Gasteiger charge is 2.11. The lowest BCUT2D eigenvalue weighted by atomic mass is 10.3. The molecule has 3 heteroatoms. The van der Waals surface area contributed by atoms with Gasteiger partial charge < -0.3 is 13.7 Å². The molecule has 0 saturated heterocycles. The van der Waals surface area contributed by atoms with E-state index in [-0.39, 0.29) is 0 Å². The lowest BCUT2D eigenvalue weighted by Gasteiger charge is -2.28. The lowest BCUT2D eigenvalue weighted by Crippen LogP contribution is -2.40. The van der Waals surface area contributed by atoms with Crippen LogP contribution in [0.25, 0.3) is 0 Å². The minimum Gasteiger partial charge on any atom is -0.381 e. The van der Waals surface area contributed by atoms with Crippen molar-refractivity contribution in [2.75, 3.05) is 67.6 Å². The summed E-state index contributed by atoms with van der Waals surface area (Å²) in [5.41, 5.74) is 0. The Morgan fingerprint density at radius 2 is 1.06 bits per heavy atom. The van der Waals surface area contributed by atoms with Gasteiger partial charge in [0.25, 0.3) is 0 Å². The van der Waals surface area contributed by atoms with Crippen LogP contribution in [0.5, 0.6) is 0 Å². The second-order valence-electron chi connectivity index (χ2n) is 6.27. The standard InChI is InChI=1S/C14H34N2O/c1-7-15(3,4)11-9-13-17-14-10-12-16(5,6)8-2/h7-14H2,1-6H3/q+2. The Morgan fingerprint density at radius 1 is 0.706 bits per heavy atom. The molecule has 0 bridgehead atoms. The summed E-state index contributed by atoms with van der Waals surface area (Å²) in [5, 5.41) is 0. The number of hydrogen-bond acceptors (Lipinski definition) is 1. The Morgan fingerprint density at radius 3 is 1.35 bits per heavy atom. The molecule has 0 rings (SSSR count). The van der Waals surface area contributed by atoms with E-state index in [9.17, 15) is 0 Å². The molecule has 0 aromatic rings. The van der Waals surface area contributed by atoms with E-state index in [1.54, 1.807) is 0 Å². The van der Waals surface area contributed by atoms with Crippen LogP contribution in [0.1, 0.15) is 26.7 Å². The zero-order valence-corrected chi connectivity index (χ0v) is 13.0. The van der Waals surface area contributed by atoms with E-state index in [2.05, 4.69) is 42.0 Å². The molecule has 0 N–H and O–H groups in total. The molecule has 0 unspecified atom stereocenters. The molecule has 0 amide bonds.